The Hall–Kier alpha value is -2.22. The van der Waals surface area contributed by atoms with Crippen LogP contribution in [0.2, 0.25) is 0 Å². The monoisotopic (exact) mass is 303 g/mol. The molecular weight excluding hydrogens is 282 g/mol. The molecular formula is C17H21NO4. The Morgan fingerprint density at radius 1 is 1.50 bits per heavy atom. The van der Waals surface area contributed by atoms with Gasteiger partial charge in [-0.1, -0.05) is 0 Å². The Bertz CT molecular complexity index is 605. The maximum absolute atomic E-state index is 11.6. The molecule has 22 heavy (non-hydrogen) atoms. The third-order valence-electron chi connectivity index (χ3n) is 3.97. The first-order valence-corrected chi connectivity index (χ1v) is 7.45. The summed E-state index contributed by atoms with van der Waals surface area (Å²) in [6, 6.07) is 6.10. The Morgan fingerprint density at radius 3 is 2.91 bits per heavy atom. The highest BCUT2D eigenvalue weighted by Gasteiger charge is 2.34. The van der Waals surface area contributed by atoms with Crippen LogP contribution in [-0.2, 0) is 21.4 Å². The lowest BCUT2D eigenvalue weighted by Crippen LogP contribution is -2.22. The maximum atomic E-state index is 11.6. The van der Waals surface area contributed by atoms with Gasteiger partial charge in [0.15, 0.2) is 0 Å². The summed E-state index contributed by atoms with van der Waals surface area (Å²) in [6.45, 7) is 4.54. The first-order chi connectivity index (χ1) is 10.5. The van der Waals surface area contributed by atoms with Gasteiger partial charge in [0.2, 0.25) is 0 Å². The molecule has 0 radical (unpaired) electrons. The molecule has 1 aliphatic heterocycles. The van der Waals surface area contributed by atoms with Crippen molar-refractivity contribution in [1.29, 1.82) is 5.26 Å². The number of ether oxygens (including phenoxy) is 3. The summed E-state index contributed by atoms with van der Waals surface area (Å²) in [5, 5.41) is 9.68. The molecule has 0 N–H and O–H groups in total. The van der Waals surface area contributed by atoms with E-state index in [-0.39, 0.29) is 12.4 Å². The Labute approximate surface area is 130 Å². The molecule has 0 amide bonds. The van der Waals surface area contributed by atoms with Crippen LogP contribution in [0.5, 0.6) is 11.5 Å². The molecule has 0 aromatic heterocycles. The molecule has 5 nitrogen and oxygen atoms in total. The highest BCUT2D eigenvalue weighted by atomic mass is 16.5. The van der Waals surface area contributed by atoms with Gasteiger partial charge in [-0.15, -0.1) is 0 Å². The standard InChI is InChI=1S/C17H21NO4/c1-4-21-15(19)5-7-17(2,11-18)14-10-13(20-3)9-12-6-8-22-16(12)14/h9-10H,4-8H2,1-3H3. The zero-order valence-electron chi connectivity index (χ0n) is 13.3. The van der Waals surface area contributed by atoms with Crippen LogP contribution in [0.4, 0.5) is 0 Å². The minimum atomic E-state index is -0.824. The minimum absolute atomic E-state index is 0.198. The molecule has 0 saturated heterocycles. The van der Waals surface area contributed by atoms with Gasteiger partial charge < -0.3 is 14.2 Å². The predicted molar refractivity (Wildman–Crippen MR) is 81.0 cm³/mol. The fourth-order valence-electron chi connectivity index (χ4n) is 2.64. The molecule has 1 aromatic rings. The van der Waals surface area contributed by atoms with Crippen molar-refractivity contribution in [3.63, 3.8) is 0 Å². The number of nitriles is 1. The quantitative estimate of drug-likeness (QED) is 0.756. The number of benzene rings is 1. The minimum Gasteiger partial charge on any atom is -0.497 e. The summed E-state index contributed by atoms with van der Waals surface area (Å²) in [4.78, 5) is 11.6. The van der Waals surface area contributed by atoms with Gasteiger partial charge >= 0.3 is 5.97 Å². The second kappa shape index (κ2) is 6.69. The number of fused-ring (bicyclic) bond motifs is 1. The van der Waals surface area contributed by atoms with E-state index < -0.39 is 5.41 Å². The van der Waals surface area contributed by atoms with Gasteiger partial charge in [-0.05, 0) is 32.4 Å². The van der Waals surface area contributed by atoms with Crippen molar-refractivity contribution in [1.82, 2.24) is 0 Å². The smallest absolute Gasteiger partial charge is 0.305 e. The van der Waals surface area contributed by atoms with Crippen molar-refractivity contribution in [2.24, 2.45) is 0 Å². The lowest BCUT2D eigenvalue weighted by molar-refractivity contribution is -0.143. The van der Waals surface area contributed by atoms with Gasteiger partial charge in [0, 0.05) is 24.0 Å². The Kier molecular flexibility index (Phi) is 4.92. The molecule has 0 spiro atoms. The average Bonchev–Trinajstić information content (AvgIpc) is 3.00. The van der Waals surface area contributed by atoms with Gasteiger partial charge in [-0.2, -0.15) is 5.26 Å². The van der Waals surface area contributed by atoms with Crippen LogP contribution in [0, 0.1) is 11.3 Å². The van der Waals surface area contributed by atoms with Gasteiger partial charge in [0.1, 0.15) is 11.5 Å². The van der Waals surface area contributed by atoms with E-state index >= 15 is 0 Å². The molecule has 1 heterocycles. The fraction of sp³-hybridized carbons (Fsp3) is 0.529. The number of methoxy groups -OCH3 is 1. The number of esters is 1. The number of carbonyl (C=O) groups excluding carboxylic acids is 1. The molecule has 0 saturated carbocycles. The molecule has 1 aliphatic rings. The van der Waals surface area contributed by atoms with Crippen LogP contribution >= 0.6 is 0 Å². The first kappa shape index (κ1) is 16.2. The summed E-state index contributed by atoms with van der Waals surface area (Å²) >= 11 is 0. The topological polar surface area (TPSA) is 68.6 Å². The van der Waals surface area contributed by atoms with Crippen LogP contribution in [0.3, 0.4) is 0 Å². The SMILES string of the molecule is CCOC(=O)CCC(C)(C#N)c1cc(OC)cc2c1OCC2. The summed E-state index contributed by atoms with van der Waals surface area (Å²) in [7, 11) is 1.60. The van der Waals surface area contributed by atoms with E-state index in [0.717, 1.165) is 23.3 Å². The van der Waals surface area contributed by atoms with Crippen molar-refractivity contribution in [2.75, 3.05) is 20.3 Å². The van der Waals surface area contributed by atoms with Crippen LogP contribution in [-0.4, -0.2) is 26.3 Å². The first-order valence-electron chi connectivity index (χ1n) is 7.45. The Balaban J connectivity index is 2.32. The van der Waals surface area contributed by atoms with Crippen molar-refractivity contribution in [3.05, 3.63) is 23.3 Å². The molecule has 0 fully saturated rings. The second-order valence-electron chi connectivity index (χ2n) is 5.51. The van der Waals surface area contributed by atoms with E-state index in [1.54, 1.807) is 14.0 Å². The molecule has 1 atom stereocenters. The highest BCUT2D eigenvalue weighted by molar-refractivity contribution is 5.69. The maximum Gasteiger partial charge on any atom is 0.305 e. The van der Waals surface area contributed by atoms with Crippen molar-refractivity contribution in [3.8, 4) is 17.6 Å². The third kappa shape index (κ3) is 3.16. The highest BCUT2D eigenvalue weighted by Crippen LogP contribution is 2.42. The number of carbonyl (C=O) groups is 1. The van der Waals surface area contributed by atoms with Gasteiger partial charge in [0.05, 0.1) is 31.8 Å². The molecule has 0 bridgehead atoms. The van der Waals surface area contributed by atoms with Gasteiger partial charge in [0.25, 0.3) is 0 Å². The van der Waals surface area contributed by atoms with Crippen LogP contribution in [0.1, 0.15) is 37.8 Å². The number of hydrogen-bond acceptors (Lipinski definition) is 5. The Morgan fingerprint density at radius 2 is 2.27 bits per heavy atom. The van der Waals surface area contributed by atoms with Gasteiger partial charge in [-0.3, -0.25) is 4.79 Å². The fourth-order valence-corrected chi connectivity index (χ4v) is 2.64. The summed E-state index contributed by atoms with van der Waals surface area (Å²) < 4.78 is 16.0. The van der Waals surface area contributed by atoms with E-state index in [1.165, 1.54) is 0 Å². The van der Waals surface area contributed by atoms with E-state index in [2.05, 4.69) is 6.07 Å². The molecule has 118 valence electrons. The normalized spacial score (nSPS) is 15.2. The second-order valence-corrected chi connectivity index (χ2v) is 5.51. The summed E-state index contributed by atoms with van der Waals surface area (Å²) in [6.07, 6.45) is 1.38. The number of rotatable bonds is 6. The molecule has 1 aromatic carbocycles. The van der Waals surface area contributed by atoms with E-state index in [0.29, 0.717) is 25.4 Å². The average molecular weight is 303 g/mol. The van der Waals surface area contributed by atoms with Crippen LogP contribution in [0.25, 0.3) is 0 Å². The summed E-state index contributed by atoms with van der Waals surface area (Å²) in [5.41, 5.74) is 1.01. The third-order valence-corrected chi connectivity index (χ3v) is 3.97. The van der Waals surface area contributed by atoms with Crippen molar-refractivity contribution >= 4 is 5.97 Å². The predicted octanol–water partition coefficient (Wildman–Crippen LogP) is 2.75. The van der Waals surface area contributed by atoms with Crippen LogP contribution < -0.4 is 9.47 Å². The van der Waals surface area contributed by atoms with Gasteiger partial charge in [-0.25, -0.2) is 0 Å². The molecule has 0 aliphatic carbocycles. The molecule has 2 rings (SSSR count). The van der Waals surface area contributed by atoms with E-state index in [4.69, 9.17) is 14.2 Å². The van der Waals surface area contributed by atoms with Crippen molar-refractivity contribution < 1.29 is 19.0 Å². The summed E-state index contributed by atoms with van der Waals surface area (Å²) in [5.74, 6) is 1.18. The van der Waals surface area contributed by atoms with E-state index in [9.17, 15) is 10.1 Å². The number of hydrogen-bond donors (Lipinski definition) is 0. The van der Waals surface area contributed by atoms with Crippen molar-refractivity contribution in [2.45, 2.75) is 38.5 Å². The molecule has 5 heteroatoms. The zero-order chi connectivity index (χ0) is 16.2. The lowest BCUT2D eigenvalue weighted by Gasteiger charge is -2.24. The lowest BCUT2D eigenvalue weighted by atomic mass is 9.78. The zero-order valence-corrected chi connectivity index (χ0v) is 13.3. The van der Waals surface area contributed by atoms with E-state index in [1.807, 2.05) is 19.1 Å². The largest absolute Gasteiger partial charge is 0.497 e. The molecule has 1 unspecified atom stereocenters. The van der Waals surface area contributed by atoms with Crippen LogP contribution in [0.15, 0.2) is 12.1 Å². The number of nitrogens with zero attached hydrogens (tertiary/aromatic N) is 1.